The van der Waals surface area contributed by atoms with Crippen LogP contribution in [0.2, 0.25) is 0 Å². The minimum Gasteiger partial charge on any atom is -0.465 e. The van der Waals surface area contributed by atoms with E-state index in [9.17, 15) is 19.2 Å². The second kappa shape index (κ2) is 12.8. The van der Waals surface area contributed by atoms with Crippen molar-refractivity contribution in [1.29, 1.82) is 0 Å². The maximum Gasteiger partial charge on any atom is 0.333 e. The van der Waals surface area contributed by atoms with Gasteiger partial charge in [0.25, 0.3) is 5.91 Å². The zero-order valence-corrected chi connectivity index (χ0v) is 21.3. The number of amides is 3. The van der Waals surface area contributed by atoms with E-state index in [0.717, 1.165) is 0 Å². The summed E-state index contributed by atoms with van der Waals surface area (Å²) in [6.45, 7) is 14.1. The van der Waals surface area contributed by atoms with Gasteiger partial charge in [0.2, 0.25) is 11.8 Å². The van der Waals surface area contributed by atoms with Crippen molar-refractivity contribution in [2.75, 3.05) is 6.61 Å². The normalized spacial score (nSPS) is 14.3. The summed E-state index contributed by atoms with van der Waals surface area (Å²) in [7, 11) is 0. The summed E-state index contributed by atoms with van der Waals surface area (Å²) in [6.07, 6.45) is 4.48. The summed E-state index contributed by atoms with van der Waals surface area (Å²) in [6, 6.07) is 1.88. The van der Waals surface area contributed by atoms with Crippen LogP contribution in [0, 0.1) is 11.3 Å². The molecule has 0 aliphatic heterocycles. The SMILES string of the molecule is CCOC(=O)/C(C)=C/[C@@H](NC(=O)[C@@H](NC(=O)/C(=C/c1ccco1)NC(C)=O)C(C)(C)C)C(C)C. The molecular formula is C25H37N3O6. The number of nitrogens with one attached hydrogen (secondary N) is 3. The number of ether oxygens (including phenoxy) is 1. The number of furan rings is 1. The molecule has 0 bridgehead atoms. The Morgan fingerprint density at radius 1 is 1.12 bits per heavy atom. The first kappa shape index (κ1) is 28.7. The van der Waals surface area contributed by atoms with Gasteiger partial charge >= 0.3 is 5.97 Å². The van der Waals surface area contributed by atoms with Gasteiger partial charge in [0.1, 0.15) is 17.5 Å². The van der Waals surface area contributed by atoms with Crippen LogP contribution in [0.25, 0.3) is 6.08 Å². The van der Waals surface area contributed by atoms with Crippen LogP contribution in [-0.2, 0) is 23.9 Å². The molecule has 1 rings (SSSR count). The molecule has 0 radical (unpaired) electrons. The average Bonchev–Trinajstić information content (AvgIpc) is 3.22. The van der Waals surface area contributed by atoms with Crippen LogP contribution < -0.4 is 16.0 Å². The zero-order chi connectivity index (χ0) is 26.1. The predicted octanol–water partition coefficient (Wildman–Crippen LogP) is 2.94. The number of esters is 1. The van der Waals surface area contributed by atoms with E-state index in [2.05, 4.69) is 16.0 Å². The highest BCUT2D eigenvalue weighted by atomic mass is 16.5. The highest BCUT2D eigenvalue weighted by Gasteiger charge is 2.35. The van der Waals surface area contributed by atoms with E-state index in [1.54, 1.807) is 32.1 Å². The van der Waals surface area contributed by atoms with Crippen LogP contribution >= 0.6 is 0 Å². The van der Waals surface area contributed by atoms with Crippen molar-refractivity contribution in [2.24, 2.45) is 11.3 Å². The van der Waals surface area contributed by atoms with E-state index in [1.165, 1.54) is 19.3 Å². The number of hydrogen-bond donors (Lipinski definition) is 3. The zero-order valence-electron chi connectivity index (χ0n) is 21.3. The first-order valence-corrected chi connectivity index (χ1v) is 11.3. The molecule has 0 spiro atoms. The Morgan fingerprint density at radius 2 is 1.76 bits per heavy atom. The van der Waals surface area contributed by atoms with Crippen molar-refractivity contribution in [2.45, 2.75) is 67.5 Å². The van der Waals surface area contributed by atoms with Crippen molar-refractivity contribution < 1.29 is 28.3 Å². The summed E-state index contributed by atoms with van der Waals surface area (Å²) in [5.41, 5.74) is -0.331. The van der Waals surface area contributed by atoms with Gasteiger partial charge in [0, 0.05) is 18.6 Å². The molecule has 0 aliphatic rings. The lowest BCUT2D eigenvalue weighted by Crippen LogP contribution is -2.56. The van der Waals surface area contributed by atoms with E-state index in [1.807, 2.05) is 34.6 Å². The lowest BCUT2D eigenvalue weighted by Gasteiger charge is -2.32. The first-order chi connectivity index (χ1) is 15.8. The van der Waals surface area contributed by atoms with Crippen molar-refractivity contribution in [3.8, 4) is 0 Å². The summed E-state index contributed by atoms with van der Waals surface area (Å²) < 4.78 is 10.3. The number of carbonyl (C=O) groups excluding carboxylic acids is 4. The van der Waals surface area contributed by atoms with Gasteiger partial charge < -0.3 is 25.1 Å². The van der Waals surface area contributed by atoms with Gasteiger partial charge in [-0.1, -0.05) is 40.7 Å². The van der Waals surface area contributed by atoms with E-state index in [-0.39, 0.29) is 18.2 Å². The monoisotopic (exact) mass is 475 g/mol. The quantitative estimate of drug-likeness (QED) is 0.353. The van der Waals surface area contributed by atoms with Crippen LogP contribution in [0.3, 0.4) is 0 Å². The van der Waals surface area contributed by atoms with E-state index in [0.29, 0.717) is 11.3 Å². The van der Waals surface area contributed by atoms with Gasteiger partial charge in [-0.05, 0) is 37.3 Å². The molecule has 0 saturated heterocycles. The number of carbonyl (C=O) groups is 4. The molecule has 188 valence electrons. The molecule has 1 heterocycles. The second-order valence-electron chi connectivity index (χ2n) is 9.38. The first-order valence-electron chi connectivity index (χ1n) is 11.3. The van der Waals surface area contributed by atoms with Crippen LogP contribution in [0.15, 0.2) is 40.2 Å². The molecule has 3 N–H and O–H groups in total. The molecule has 1 aromatic heterocycles. The maximum atomic E-state index is 13.3. The Morgan fingerprint density at radius 3 is 2.24 bits per heavy atom. The molecule has 0 saturated carbocycles. The fraction of sp³-hybridized carbons (Fsp3) is 0.520. The standard InChI is InChI=1S/C25H37N3O6/c1-9-33-24(32)16(4)13-19(15(2)3)27-23(31)21(25(6,7)8)28-22(30)20(26-17(5)29)14-18-11-10-12-34-18/h10-15,19,21H,9H2,1-8H3,(H,26,29)(H,27,31)(H,28,30)/b16-13+,20-14-/t19-,21-/m1/s1. The average molecular weight is 476 g/mol. The predicted molar refractivity (Wildman–Crippen MR) is 129 cm³/mol. The van der Waals surface area contributed by atoms with E-state index >= 15 is 0 Å². The maximum absolute atomic E-state index is 13.3. The molecule has 0 aromatic carbocycles. The lowest BCUT2D eigenvalue weighted by molar-refractivity contribution is -0.138. The third-order valence-corrected chi connectivity index (χ3v) is 4.84. The molecule has 34 heavy (non-hydrogen) atoms. The van der Waals surface area contributed by atoms with Crippen molar-refractivity contribution in [1.82, 2.24) is 16.0 Å². The fourth-order valence-electron chi connectivity index (χ4n) is 2.98. The summed E-state index contributed by atoms with van der Waals surface area (Å²) in [4.78, 5) is 50.0. The van der Waals surface area contributed by atoms with Gasteiger partial charge in [0.05, 0.1) is 18.9 Å². The smallest absolute Gasteiger partial charge is 0.333 e. The molecule has 2 atom stereocenters. The Balaban J connectivity index is 3.16. The highest BCUT2D eigenvalue weighted by Crippen LogP contribution is 2.21. The second-order valence-corrected chi connectivity index (χ2v) is 9.38. The molecule has 1 aromatic rings. The lowest BCUT2D eigenvalue weighted by atomic mass is 9.85. The minimum atomic E-state index is -0.939. The Hall–Kier alpha value is -3.36. The van der Waals surface area contributed by atoms with Gasteiger partial charge in [-0.2, -0.15) is 0 Å². The number of rotatable bonds is 10. The molecular weight excluding hydrogens is 438 g/mol. The van der Waals surface area contributed by atoms with Crippen LogP contribution in [0.5, 0.6) is 0 Å². The van der Waals surface area contributed by atoms with Crippen molar-refractivity contribution >= 4 is 29.8 Å². The van der Waals surface area contributed by atoms with Crippen LogP contribution in [-0.4, -0.2) is 42.4 Å². The third-order valence-electron chi connectivity index (χ3n) is 4.84. The molecule has 9 nitrogen and oxygen atoms in total. The van der Waals surface area contributed by atoms with Crippen LogP contribution in [0.4, 0.5) is 0 Å². The number of hydrogen-bond acceptors (Lipinski definition) is 6. The molecule has 9 heteroatoms. The van der Waals surface area contributed by atoms with Gasteiger partial charge in [-0.3, -0.25) is 14.4 Å². The van der Waals surface area contributed by atoms with Crippen LogP contribution in [0.1, 0.15) is 61.2 Å². The van der Waals surface area contributed by atoms with Gasteiger partial charge in [0.15, 0.2) is 0 Å². The Labute approximate surface area is 201 Å². The summed E-state index contributed by atoms with van der Waals surface area (Å²) in [5, 5.41) is 8.13. The van der Waals surface area contributed by atoms with Crippen molar-refractivity contribution in [3.05, 3.63) is 41.5 Å². The largest absolute Gasteiger partial charge is 0.465 e. The third kappa shape index (κ3) is 9.25. The van der Waals surface area contributed by atoms with Crippen molar-refractivity contribution in [3.63, 3.8) is 0 Å². The molecule has 0 aliphatic carbocycles. The Bertz CT molecular complexity index is 923. The fourth-order valence-corrected chi connectivity index (χ4v) is 2.98. The summed E-state index contributed by atoms with van der Waals surface area (Å²) in [5.74, 6) is -1.61. The Kier molecular flexibility index (Phi) is 10.8. The highest BCUT2D eigenvalue weighted by molar-refractivity contribution is 6.02. The minimum absolute atomic E-state index is 0.0292. The van der Waals surface area contributed by atoms with Gasteiger partial charge in [-0.25, -0.2) is 4.79 Å². The molecule has 0 fully saturated rings. The molecule has 3 amide bonds. The van der Waals surface area contributed by atoms with E-state index < -0.39 is 41.2 Å². The van der Waals surface area contributed by atoms with E-state index in [4.69, 9.17) is 9.15 Å². The topological polar surface area (TPSA) is 127 Å². The van der Waals surface area contributed by atoms with Gasteiger partial charge in [-0.15, -0.1) is 0 Å². The summed E-state index contributed by atoms with van der Waals surface area (Å²) >= 11 is 0. The molecule has 0 unspecified atom stereocenters.